The Morgan fingerprint density at radius 3 is 2.65 bits per heavy atom. The summed E-state index contributed by atoms with van der Waals surface area (Å²) in [4.78, 5) is 4.43. The average Bonchev–Trinajstić information content (AvgIpc) is 2.75. The third-order valence-electron chi connectivity index (χ3n) is 3.35. The van der Waals surface area contributed by atoms with E-state index in [1.807, 2.05) is 18.2 Å². The molecular weight excluding hydrogens is 260 g/mol. The maximum atomic E-state index is 13.9. The van der Waals surface area contributed by atoms with Crippen molar-refractivity contribution in [1.82, 2.24) is 9.55 Å². The van der Waals surface area contributed by atoms with E-state index < -0.39 is 11.6 Å². The smallest absolute Gasteiger partial charge is 0.143 e. The Morgan fingerprint density at radius 1 is 1.15 bits per heavy atom. The highest BCUT2D eigenvalue weighted by Gasteiger charge is 2.14. The lowest BCUT2D eigenvalue weighted by Crippen LogP contribution is -1.96. The van der Waals surface area contributed by atoms with Crippen molar-refractivity contribution in [1.29, 1.82) is 0 Å². The van der Waals surface area contributed by atoms with Crippen LogP contribution < -0.4 is 5.73 Å². The van der Waals surface area contributed by atoms with Gasteiger partial charge in [-0.2, -0.15) is 0 Å². The van der Waals surface area contributed by atoms with Crippen LogP contribution in [-0.4, -0.2) is 9.55 Å². The molecule has 3 aromatic rings. The van der Waals surface area contributed by atoms with Crippen LogP contribution in [0, 0.1) is 11.6 Å². The van der Waals surface area contributed by atoms with Crippen LogP contribution >= 0.6 is 0 Å². The summed E-state index contributed by atoms with van der Waals surface area (Å²) in [5.41, 5.74) is 8.46. The number of aromatic nitrogens is 2. The third kappa shape index (κ3) is 1.96. The van der Waals surface area contributed by atoms with Gasteiger partial charge in [-0.1, -0.05) is 6.07 Å². The number of imidazole rings is 1. The molecule has 0 atom stereocenters. The van der Waals surface area contributed by atoms with Gasteiger partial charge in [0, 0.05) is 19.7 Å². The van der Waals surface area contributed by atoms with Crippen molar-refractivity contribution in [2.24, 2.45) is 12.8 Å². The summed E-state index contributed by atoms with van der Waals surface area (Å²) in [6.45, 7) is 0.423. The van der Waals surface area contributed by atoms with Gasteiger partial charge in [0.2, 0.25) is 0 Å². The molecule has 1 aromatic heterocycles. The van der Waals surface area contributed by atoms with Crippen molar-refractivity contribution < 1.29 is 8.78 Å². The fourth-order valence-corrected chi connectivity index (χ4v) is 2.28. The maximum absolute atomic E-state index is 13.9. The molecular formula is C15H13F2N3. The van der Waals surface area contributed by atoms with E-state index >= 15 is 0 Å². The minimum atomic E-state index is -0.623. The van der Waals surface area contributed by atoms with Crippen molar-refractivity contribution in [3.05, 3.63) is 53.6 Å². The summed E-state index contributed by atoms with van der Waals surface area (Å²) in [5.74, 6) is -0.760. The minimum absolute atomic E-state index is 0.277. The molecule has 20 heavy (non-hydrogen) atoms. The van der Waals surface area contributed by atoms with Crippen molar-refractivity contribution in [2.45, 2.75) is 6.54 Å². The molecule has 2 N–H and O–H groups in total. The molecule has 102 valence electrons. The number of nitrogens with two attached hydrogens (primary N) is 1. The second-order valence-electron chi connectivity index (χ2n) is 4.65. The number of benzene rings is 2. The van der Waals surface area contributed by atoms with Crippen LogP contribution in [0.5, 0.6) is 0 Å². The Kier molecular flexibility index (Phi) is 2.99. The van der Waals surface area contributed by atoms with Gasteiger partial charge in [0.05, 0.1) is 16.6 Å². The summed E-state index contributed by atoms with van der Waals surface area (Å²) in [7, 11) is 1.80. The van der Waals surface area contributed by atoms with Crippen LogP contribution in [0.2, 0.25) is 0 Å². The predicted octanol–water partition coefficient (Wildman–Crippen LogP) is 2.98. The number of fused-ring (bicyclic) bond motifs is 1. The lowest BCUT2D eigenvalue weighted by atomic mass is 10.2. The Bertz CT molecular complexity index is 793. The van der Waals surface area contributed by atoms with Gasteiger partial charge >= 0.3 is 0 Å². The number of halogens is 2. The molecule has 1 heterocycles. The zero-order valence-corrected chi connectivity index (χ0v) is 10.9. The molecule has 0 saturated carbocycles. The first-order chi connectivity index (χ1) is 9.60. The van der Waals surface area contributed by atoms with E-state index in [0.717, 1.165) is 22.7 Å². The molecule has 3 rings (SSSR count). The Hall–Kier alpha value is -2.27. The molecule has 0 amide bonds. The zero-order valence-electron chi connectivity index (χ0n) is 10.9. The van der Waals surface area contributed by atoms with E-state index in [-0.39, 0.29) is 5.56 Å². The van der Waals surface area contributed by atoms with E-state index in [1.165, 1.54) is 12.1 Å². The lowest BCUT2D eigenvalue weighted by Gasteiger charge is -2.04. The second-order valence-corrected chi connectivity index (χ2v) is 4.65. The number of nitrogens with zero attached hydrogens (tertiary/aromatic N) is 2. The monoisotopic (exact) mass is 273 g/mol. The topological polar surface area (TPSA) is 43.8 Å². The van der Waals surface area contributed by atoms with Gasteiger partial charge in [-0.15, -0.1) is 0 Å². The summed E-state index contributed by atoms with van der Waals surface area (Å²) < 4.78 is 28.6. The van der Waals surface area contributed by atoms with E-state index in [2.05, 4.69) is 4.98 Å². The maximum Gasteiger partial charge on any atom is 0.143 e. The third-order valence-corrected chi connectivity index (χ3v) is 3.35. The van der Waals surface area contributed by atoms with E-state index in [0.29, 0.717) is 12.4 Å². The zero-order chi connectivity index (χ0) is 14.3. The fraction of sp³-hybridized carbons (Fsp3) is 0.133. The molecule has 0 aliphatic rings. The molecule has 0 saturated heterocycles. The Labute approximate surface area is 114 Å². The molecule has 0 aliphatic carbocycles. The van der Waals surface area contributed by atoms with Crippen LogP contribution in [0.25, 0.3) is 22.4 Å². The van der Waals surface area contributed by atoms with Crippen LogP contribution in [0.15, 0.2) is 36.4 Å². The van der Waals surface area contributed by atoms with Gasteiger partial charge in [-0.05, 0) is 29.8 Å². The van der Waals surface area contributed by atoms with Gasteiger partial charge < -0.3 is 10.3 Å². The van der Waals surface area contributed by atoms with Gasteiger partial charge in [-0.25, -0.2) is 13.8 Å². The average molecular weight is 273 g/mol. The van der Waals surface area contributed by atoms with Crippen molar-refractivity contribution >= 4 is 11.0 Å². The molecule has 0 aliphatic heterocycles. The molecule has 0 bridgehead atoms. The van der Waals surface area contributed by atoms with E-state index in [4.69, 9.17) is 5.73 Å². The van der Waals surface area contributed by atoms with Gasteiger partial charge in [0.15, 0.2) is 0 Å². The summed E-state index contributed by atoms with van der Waals surface area (Å²) in [6.07, 6.45) is 0. The Balaban J connectivity index is 2.23. The summed E-state index contributed by atoms with van der Waals surface area (Å²) in [5, 5.41) is 0. The van der Waals surface area contributed by atoms with Crippen molar-refractivity contribution in [3.8, 4) is 11.4 Å². The standard InChI is InChI=1S/C15H13F2N3/c1-20-14-5-2-9(8-18)6-13(14)19-15(20)11-4-3-10(16)7-12(11)17/h2-7H,8,18H2,1H3. The molecule has 2 aromatic carbocycles. The first-order valence-corrected chi connectivity index (χ1v) is 6.21. The first kappa shape index (κ1) is 12.7. The Morgan fingerprint density at radius 2 is 1.95 bits per heavy atom. The SMILES string of the molecule is Cn1c(-c2ccc(F)cc2F)nc2cc(CN)ccc21. The molecule has 5 heteroatoms. The van der Waals surface area contributed by atoms with E-state index in [9.17, 15) is 8.78 Å². The normalized spacial score (nSPS) is 11.2. The quantitative estimate of drug-likeness (QED) is 0.780. The minimum Gasteiger partial charge on any atom is -0.327 e. The summed E-state index contributed by atoms with van der Waals surface area (Å²) >= 11 is 0. The van der Waals surface area contributed by atoms with Crippen LogP contribution in [0.3, 0.4) is 0 Å². The highest BCUT2D eigenvalue weighted by Crippen LogP contribution is 2.26. The number of hydrogen-bond donors (Lipinski definition) is 1. The molecule has 0 unspecified atom stereocenters. The number of hydrogen-bond acceptors (Lipinski definition) is 2. The highest BCUT2D eigenvalue weighted by atomic mass is 19.1. The van der Waals surface area contributed by atoms with Crippen LogP contribution in [0.1, 0.15) is 5.56 Å². The number of aryl methyl sites for hydroxylation is 1. The number of rotatable bonds is 2. The van der Waals surface area contributed by atoms with Crippen LogP contribution in [-0.2, 0) is 13.6 Å². The fourth-order valence-electron chi connectivity index (χ4n) is 2.28. The summed E-state index contributed by atoms with van der Waals surface area (Å²) in [6, 6.07) is 9.17. The van der Waals surface area contributed by atoms with Gasteiger partial charge in [-0.3, -0.25) is 0 Å². The van der Waals surface area contributed by atoms with Crippen molar-refractivity contribution in [2.75, 3.05) is 0 Å². The molecule has 0 fully saturated rings. The highest BCUT2D eigenvalue weighted by molar-refractivity contribution is 5.81. The van der Waals surface area contributed by atoms with Crippen molar-refractivity contribution in [3.63, 3.8) is 0 Å². The van der Waals surface area contributed by atoms with Crippen LogP contribution in [0.4, 0.5) is 8.78 Å². The van der Waals surface area contributed by atoms with E-state index in [1.54, 1.807) is 11.6 Å². The second kappa shape index (κ2) is 4.68. The molecule has 3 nitrogen and oxygen atoms in total. The van der Waals surface area contributed by atoms with Gasteiger partial charge in [0.1, 0.15) is 17.5 Å². The molecule has 0 radical (unpaired) electrons. The lowest BCUT2D eigenvalue weighted by molar-refractivity contribution is 0.584. The van der Waals surface area contributed by atoms with Gasteiger partial charge in [0.25, 0.3) is 0 Å². The first-order valence-electron chi connectivity index (χ1n) is 6.21. The predicted molar refractivity (Wildman–Crippen MR) is 74.0 cm³/mol. The molecule has 0 spiro atoms. The largest absolute Gasteiger partial charge is 0.327 e.